The lowest BCUT2D eigenvalue weighted by Gasteiger charge is -2.15. The molecule has 1 aromatic carbocycles. The predicted molar refractivity (Wildman–Crippen MR) is 89.2 cm³/mol. The summed E-state index contributed by atoms with van der Waals surface area (Å²) in [7, 11) is 0. The maximum atomic E-state index is 12.8. The van der Waals surface area contributed by atoms with Gasteiger partial charge in [0, 0.05) is 12.5 Å². The van der Waals surface area contributed by atoms with Crippen molar-refractivity contribution in [2.75, 3.05) is 0 Å². The van der Waals surface area contributed by atoms with Crippen LogP contribution in [0.15, 0.2) is 24.3 Å². The van der Waals surface area contributed by atoms with Crippen molar-refractivity contribution in [2.45, 2.75) is 57.6 Å². The van der Waals surface area contributed by atoms with E-state index in [4.69, 9.17) is 4.74 Å². The van der Waals surface area contributed by atoms with E-state index in [2.05, 4.69) is 10.6 Å². The Morgan fingerprint density at radius 1 is 1.20 bits per heavy atom. The summed E-state index contributed by atoms with van der Waals surface area (Å²) in [5.41, 5.74) is 0.798. The Bertz CT molecular complexity index is 612. The second-order valence-corrected chi connectivity index (χ2v) is 6.20. The second-order valence-electron chi connectivity index (χ2n) is 6.20. The van der Waals surface area contributed by atoms with Gasteiger partial charge in [0.25, 0.3) is 5.91 Å². The molecule has 1 aliphatic rings. The fraction of sp³-hybridized carbons (Fsp3) is 0.500. The predicted octanol–water partition coefficient (Wildman–Crippen LogP) is 2.46. The van der Waals surface area contributed by atoms with Crippen LogP contribution < -0.4 is 10.6 Å². The summed E-state index contributed by atoms with van der Waals surface area (Å²) in [6.07, 6.45) is 3.36. The van der Waals surface area contributed by atoms with Gasteiger partial charge in [-0.3, -0.25) is 14.9 Å². The van der Waals surface area contributed by atoms with Gasteiger partial charge in [-0.05, 0) is 43.9 Å². The van der Waals surface area contributed by atoms with Crippen LogP contribution in [-0.2, 0) is 20.7 Å². The van der Waals surface area contributed by atoms with Crippen LogP contribution in [0.3, 0.4) is 0 Å². The van der Waals surface area contributed by atoms with Gasteiger partial charge < -0.3 is 10.1 Å². The molecule has 0 bridgehead atoms. The molecule has 6 nitrogen and oxygen atoms in total. The van der Waals surface area contributed by atoms with E-state index >= 15 is 0 Å². The molecule has 0 saturated heterocycles. The highest BCUT2D eigenvalue weighted by molar-refractivity contribution is 5.97. The second kappa shape index (κ2) is 9.15. The first-order valence-electron chi connectivity index (χ1n) is 8.49. The van der Waals surface area contributed by atoms with Gasteiger partial charge in [0.2, 0.25) is 0 Å². The van der Waals surface area contributed by atoms with Crippen LogP contribution >= 0.6 is 0 Å². The average molecular weight is 350 g/mol. The highest BCUT2D eigenvalue weighted by Gasteiger charge is 2.22. The fourth-order valence-corrected chi connectivity index (χ4v) is 2.71. The molecule has 25 heavy (non-hydrogen) atoms. The largest absolute Gasteiger partial charge is 0.453 e. The van der Waals surface area contributed by atoms with Gasteiger partial charge in [0.15, 0.2) is 6.10 Å². The van der Waals surface area contributed by atoms with Gasteiger partial charge in [0.1, 0.15) is 5.82 Å². The van der Waals surface area contributed by atoms with Crippen LogP contribution in [-0.4, -0.2) is 30.1 Å². The third kappa shape index (κ3) is 6.52. The zero-order valence-corrected chi connectivity index (χ0v) is 14.2. The first kappa shape index (κ1) is 18.9. The number of esters is 1. The maximum Gasteiger partial charge on any atom is 0.321 e. The minimum Gasteiger partial charge on any atom is -0.453 e. The lowest BCUT2D eigenvalue weighted by Crippen LogP contribution is -2.47. The number of hydrogen-bond acceptors (Lipinski definition) is 4. The number of carbonyl (C=O) groups is 3. The fourth-order valence-electron chi connectivity index (χ4n) is 2.71. The molecular weight excluding hydrogens is 327 g/mol. The standard InChI is InChI=1S/C18H23FN2O4/c1-12(17(23)21-18(24)20-15-4-2-3-5-15)25-16(22)11-8-13-6-9-14(19)10-7-13/h6-7,9-10,12,15H,2-5,8,11H2,1H3,(H2,20,21,23,24)/t12-/m1/s1. The number of aryl methyl sites for hydroxylation is 1. The van der Waals surface area contributed by atoms with Gasteiger partial charge in [-0.1, -0.05) is 25.0 Å². The van der Waals surface area contributed by atoms with Crippen LogP contribution in [0, 0.1) is 5.82 Å². The topological polar surface area (TPSA) is 84.5 Å². The first-order valence-corrected chi connectivity index (χ1v) is 8.49. The monoisotopic (exact) mass is 350 g/mol. The van der Waals surface area contributed by atoms with Crippen LogP contribution in [0.5, 0.6) is 0 Å². The highest BCUT2D eigenvalue weighted by atomic mass is 19.1. The maximum absolute atomic E-state index is 12.8. The number of benzene rings is 1. The Morgan fingerprint density at radius 2 is 1.84 bits per heavy atom. The Balaban J connectivity index is 1.69. The smallest absolute Gasteiger partial charge is 0.321 e. The van der Waals surface area contributed by atoms with Crippen molar-refractivity contribution < 1.29 is 23.5 Å². The Hall–Kier alpha value is -2.44. The van der Waals surface area contributed by atoms with Crippen molar-refractivity contribution in [2.24, 2.45) is 0 Å². The Labute approximate surface area is 146 Å². The molecule has 0 aromatic heterocycles. The SMILES string of the molecule is C[C@@H](OC(=O)CCc1ccc(F)cc1)C(=O)NC(=O)NC1CCCC1. The van der Waals surface area contributed by atoms with Crippen molar-refractivity contribution in [3.05, 3.63) is 35.6 Å². The Kier molecular flexibility index (Phi) is 6.91. The molecule has 1 atom stereocenters. The summed E-state index contributed by atoms with van der Waals surface area (Å²) in [6.45, 7) is 1.41. The van der Waals surface area contributed by atoms with E-state index in [1.807, 2.05) is 0 Å². The molecule has 3 amide bonds. The van der Waals surface area contributed by atoms with Crippen molar-refractivity contribution in [3.8, 4) is 0 Å². The van der Waals surface area contributed by atoms with E-state index in [0.717, 1.165) is 31.2 Å². The summed E-state index contributed by atoms with van der Waals surface area (Å²) < 4.78 is 17.8. The van der Waals surface area contributed by atoms with E-state index in [1.165, 1.54) is 19.1 Å². The zero-order chi connectivity index (χ0) is 18.2. The zero-order valence-electron chi connectivity index (χ0n) is 14.2. The van der Waals surface area contributed by atoms with Gasteiger partial charge in [-0.2, -0.15) is 0 Å². The van der Waals surface area contributed by atoms with Gasteiger partial charge >= 0.3 is 12.0 Å². The number of halogens is 1. The number of ether oxygens (including phenoxy) is 1. The van der Waals surface area contributed by atoms with Gasteiger partial charge in [-0.25, -0.2) is 9.18 Å². The summed E-state index contributed by atoms with van der Waals surface area (Å²) in [4.78, 5) is 35.4. The molecule has 1 aliphatic carbocycles. The number of amides is 3. The minimum atomic E-state index is -1.06. The summed E-state index contributed by atoms with van der Waals surface area (Å²) in [5.74, 6) is -1.55. The number of urea groups is 1. The van der Waals surface area contributed by atoms with Crippen molar-refractivity contribution in [3.63, 3.8) is 0 Å². The molecule has 1 saturated carbocycles. The number of rotatable bonds is 6. The third-order valence-corrected chi connectivity index (χ3v) is 4.14. The minimum absolute atomic E-state index is 0.0670. The van der Waals surface area contributed by atoms with E-state index in [9.17, 15) is 18.8 Å². The molecule has 2 N–H and O–H groups in total. The molecule has 0 radical (unpaired) electrons. The van der Waals surface area contributed by atoms with E-state index in [-0.39, 0.29) is 18.3 Å². The number of nitrogens with one attached hydrogen (secondary N) is 2. The molecular formula is C18H23FN2O4. The van der Waals surface area contributed by atoms with E-state index in [0.29, 0.717) is 6.42 Å². The molecule has 1 fully saturated rings. The van der Waals surface area contributed by atoms with E-state index in [1.54, 1.807) is 12.1 Å². The van der Waals surface area contributed by atoms with Crippen LogP contribution in [0.1, 0.15) is 44.6 Å². The summed E-state index contributed by atoms with van der Waals surface area (Å²) in [5, 5.41) is 4.91. The molecule has 0 spiro atoms. The number of carbonyl (C=O) groups excluding carboxylic acids is 3. The number of imide groups is 1. The van der Waals surface area contributed by atoms with Gasteiger partial charge in [0.05, 0.1) is 0 Å². The highest BCUT2D eigenvalue weighted by Crippen LogP contribution is 2.17. The van der Waals surface area contributed by atoms with Gasteiger partial charge in [-0.15, -0.1) is 0 Å². The van der Waals surface area contributed by atoms with Crippen LogP contribution in [0.25, 0.3) is 0 Å². The quantitative estimate of drug-likeness (QED) is 0.772. The lowest BCUT2D eigenvalue weighted by atomic mass is 10.1. The van der Waals surface area contributed by atoms with E-state index < -0.39 is 24.0 Å². The normalized spacial score (nSPS) is 15.4. The third-order valence-electron chi connectivity index (χ3n) is 4.14. The molecule has 0 aliphatic heterocycles. The molecule has 136 valence electrons. The van der Waals surface area contributed by atoms with Crippen LogP contribution in [0.2, 0.25) is 0 Å². The molecule has 2 rings (SSSR count). The summed E-state index contributed by atoms with van der Waals surface area (Å²) in [6, 6.07) is 5.35. The molecule has 0 unspecified atom stereocenters. The molecule has 1 aromatic rings. The first-order chi connectivity index (χ1) is 11.9. The number of hydrogen-bond donors (Lipinski definition) is 2. The van der Waals surface area contributed by atoms with Crippen molar-refractivity contribution in [1.82, 2.24) is 10.6 Å². The molecule has 7 heteroatoms. The van der Waals surface area contributed by atoms with Crippen LogP contribution in [0.4, 0.5) is 9.18 Å². The average Bonchev–Trinajstić information content (AvgIpc) is 3.07. The summed E-state index contributed by atoms with van der Waals surface area (Å²) >= 11 is 0. The Morgan fingerprint density at radius 3 is 2.48 bits per heavy atom. The van der Waals surface area contributed by atoms with Crippen molar-refractivity contribution in [1.29, 1.82) is 0 Å². The van der Waals surface area contributed by atoms with Crippen molar-refractivity contribution >= 4 is 17.9 Å². The lowest BCUT2D eigenvalue weighted by molar-refractivity contribution is -0.154. The molecule has 0 heterocycles.